The largest absolute Gasteiger partial charge is 0.504 e. The van der Waals surface area contributed by atoms with Crippen LogP contribution in [0, 0.1) is 36.0 Å². The lowest BCUT2D eigenvalue weighted by Crippen LogP contribution is -2.49. The number of aromatic nitrogens is 2. The van der Waals surface area contributed by atoms with E-state index in [1.165, 1.54) is 35.3 Å². The van der Waals surface area contributed by atoms with E-state index in [-0.39, 0.29) is 36.2 Å². The van der Waals surface area contributed by atoms with Gasteiger partial charge in [0.15, 0.2) is 11.5 Å². The zero-order valence-electron chi connectivity index (χ0n) is 32.5. The van der Waals surface area contributed by atoms with E-state index in [4.69, 9.17) is 21.4 Å². The van der Waals surface area contributed by atoms with E-state index < -0.39 is 87.8 Å². The second kappa shape index (κ2) is 13.7. The Kier molecular flexibility index (Phi) is 9.12. The molecule has 0 bridgehead atoms. The Morgan fingerprint density at radius 2 is 1.57 bits per heavy atom. The van der Waals surface area contributed by atoms with Crippen LogP contribution in [0.3, 0.4) is 0 Å². The minimum atomic E-state index is -5.24. The maximum atomic E-state index is 15.1. The van der Waals surface area contributed by atoms with Gasteiger partial charge in [-0.05, 0) is 97.7 Å². The first-order valence-electron chi connectivity index (χ1n) is 19.0. The number of aryl methyl sites for hydroxylation is 2. The van der Waals surface area contributed by atoms with Crippen molar-refractivity contribution in [2.24, 2.45) is 36.1 Å². The molecule has 2 aromatic heterocycles. The van der Waals surface area contributed by atoms with Gasteiger partial charge in [0.25, 0.3) is 0 Å². The average molecular weight is 883 g/mol. The molecule has 3 fully saturated rings. The maximum absolute atomic E-state index is 15.1. The molecule has 0 radical (unpaired) electrons. The normalized spacial score (nSPS) is 25.3. The third-order valence-corrected chi connectivity index (χ3v) is 14.4. The average Bonchev–Trinajstić information content (AvgIpc) is 3.87. The lowest BCUT2D eigenvalue weighted by atomic mass is 9.51. The zero-order chi connectivity index (χ0) is 43.8. The molecule has 2 saturated heterocycles. The second-order valence-corrected chi connectivity index (χ2v) is 17.6. The van der Waals surface area contributed by atoms with E-state index in [1.54, 1.807) is 38.2 Å². The van der Waals surface area contributed by atoms with Gasteiger partial charge in [0, 0.05) is 28.8 Å². The number of methoxy groups -OCH3 is 1. The van der Waals surface area contributed by atoms with E-state index in [2.05, 4.69) is 0 Å². The molecule has 6 atom stereocenters. The fraction of sp³-hybridized carbons (Fsp3) is 0.326. The van der Waals surface area contributed by atoms with Crippen LogP contribution >= 0.6 is 22.9 Å². The number of alkyl halides is 6. The van der Waals surface area contributed by atoms with Crippen molar-refractivity contribution >= 4 is 68.2 Å². The van der Waals surface area contributed by atoms with Gasteiger partial charge < -0.3 is 9.84 Å². The highest BCUT2D eigenvalue weighted by atomic mass is 35.5. The minimum absolute atomic E-state index is 0.0438. The summed E-state index contributed by atoms with van der Waals surface area (Å²) in [6.45, 7) is 3.55. The smallest absolute Gasteiger partial charge is 0.416 e. The summed E-state index contributed by atoms with van der Waals surface area (Å²) in [5, 5.41) is 16.7. The number of fused-ring (bicyclic) bond motifs is 5. The fourth-order valence-corrected chi connectivity index (χ4v) is 11.3. The zero-order valence-corrected chi connectivity index (χ0v) is 34.1. The summed E-state index contributed by atoms with van der Waals surface area (Å²) in [4.78, 5) is 60.8. The first-order valence-corrected chi connectivity index (χ1v) is 20.2. The molecule has 4 aliphatic rings. The number of anilines is 2. The maximum Gasteiger partial charge on any atom is 0.416 e. The van der Waals surface area contributed by atoms with Crippen LogP contribution < -0.4 is 14.5 Å². The number of phenols is 1. The van der Waals surface area contributed by atoms with Crippen molar-refractivity contribution in [3.05, 3.63) is 99.6 Å². The number of phenolic OH excluding ortho intramolecular Hbond substituents is 1. The first-order chi connectivity index (χ1) is 28.6. The topological polar surface area (TPSA) is 122 Å². The Bertz CT molecular complexity index is 2760. The third kappa shape index (κ3) is 6.01. The highest BCUT2D eigenvalue weighted by Gasteiger charge is 2.68. The Labute approximate surface area is 351 Å². The quantitative estimate of drug-likeness (QED) is 0.106. The van der Waals surface area contributed by atoms with E-state index in [0.29, 0.717) is 38.9 Å². The standard InChI is InChI=1S/C43H33ClF6N4O6S/c1-18-26-15-22(44)6-10-32(26)61-36(18)29-17-33(52(3)51-29)54-38(57)28-16-27-24(35(41(28,2)40(54)59)19-5-9-30(55)31(11-19)60-4)7-8-25-34(27)39(58)53(37(25)56)23-13-20(42(45,46)47)12-21(14-23)43(48,49)50/h5-7,9-15,17,25,27-28,34-35,55H,8,16H2,1-4H3. The van der Waals surface area contributed by atoms with Crippen LogP contribution in [0.15, 0.2) is 72.3 Å². The number of hydrogen-bond acceptors (Lipinski definition) is 8. The number of hydrogen-bond donors (Lipinski definition) is 1. The molecule has 10 nitrogen and oxygen atoms in total. The minimum Gasteiger partial charge on any atom is -0.504 e. The molecule has 2 aliphatic carbocycles. The molecule has 4 amide bonds. The number of nitrogens with zero attached hydrogens (tertiary/aromatic N) is 4. The van der Waals surface area contributed by atoms with Gasteiger partial charge >= 0.3 is 12.4 Å². The van der Waals surface area contributed by atoms with Crippen molar-refractivity contribution in [3.63, 3.8) is 0 Å². The second-order valence-electron chi connectivity index (χ2n) is 16.1. The monoisotopic (exact) mass is 882 g/mol. The first kappa shape index (κ1) is 40.7. The van der Waals surface area contributed by atoms with E-state index in [1.807, 2.05) is 19.1 Å². The van der Waals surface area contributed by atoms with E-state index in [9.17, 15) is 45.8 Å². The van der Waals surface area contributed by atoms with Gasteiger partial charge in [-0.1, -0.05) is 29.3 Å². The van der Waals surface area contributed by atoms with E-state index >= 15 is 4.79 Å². The Balaban J connectivity index is 1.15. The molecule has 4 heterocycles. The van der Waals surface area contributed by atoms with Crippen LogP contribution in [0.5, 0.6) is 11.5 Å². The SMILES string of the molecule is COc1cc(C2C3=CCC4C(=O)N(c5cc(C(F)(F)F)cc(C(F)(F)F)c5)C(=O)C4C3CC3C(=O)N(c4cc(-c5sc6ccc(Cl)cc6c5C)nn4C)C(=O)C32C)ccc1O. The number of halogens is 7. The van der Waals surface area contributed by atoms with Crippen LogP contribution in [0.25, 0.3) is 20.7 Å². The summed E-state index contributed by atoms with van der Waals surface area (Å²) in [6, 6.07) is 12.1. The number of imide groups is 2. The molecule has 6 unspecified atom stereocenters. The number of benzene rings is 3. The highest BCUT2D eigenvalue weighted by molar-refractivity contribution is 7.22. The Morgan fingerprint density at radius 3 is 2.23 bits per heavy atom. The van der Waals surface area contributed by atoms with Crippen molar-refractivity contribution in [1.82, 2.24) is 9.78 Å². The molecule has 1 N–H and O–H groups in total. The molecule has 3 aromatic carbocycles. The van der Waals surface area contributed by atoms with Gasteiger partial charge in [-0.25, -0.2) is 9.80 Å². The van der Waals surface area contributed by atoms with Crippen LogP contribution in [0.2, 0.25) is 5.02 Å². The molecule has 1 saturated carbocycles. The predicted octanol–water partition coefficient (Wildman–Crippen LogP) is 9.45. The third-order valence-electron chi connectivity index (χ3n) is 12.9. The van der Waals surface area contributed by atoms with Crippen molar-refractivity contribution in [2.75, 3.05) is 16.9 Å². The Hall–Kier alpha value is -5.68. The number of carbonyl (C=O) groups is 4. The van der Waals surface area contributed by atoms with Gasteiger partial charge in [0.05, 0.1) is 52.0 Å². The van der Waals surface area contributed by atoms with Gasteiger partial charge in [0.2, 0.25) is 23.6 Å². The number of thiophene rings is 1. The molecule has 18 heteroatoms. The summed E-state index contributed by atoms with van der Waals surface area (Å²) in [5.41, 5.74) is -3.51. The van der Waals surface area contributed by atoms with Gasteiger partial charge in [-0.3, -0.25) is 23.9 Å². The summed E-state index contributed by atoms with van der Waals surface area (Å²) < 4.78 is 91.3. The lowest BCUT2D eigenvalue weighted by molar-refractivity contribution is -0.143. The Morgan fingerprint density at radius 1 is 0.885 bits per heavy atom. The van der Waals surface area contributed by atoms with Crippen molar-refractivity contribution in [2.45, 2.75) is 45.0 Å². The summed E-state index contributed by atoms with van der Waals surface area (Å²) in [7, 11) is 2.92. The highest BCUT2D eigenvalue weighted by Crippen LogP contribution is 2.64. The van der Waals surface area contributed by atoms with Crippen LogP contribution in [0.4, 0.5) is 37.8 Å². The molecule has 61 heavy (non-hydrogen) atoms. The van der Waals surface area contributed by atoms with E-state index in [0.717, 1.165) is 25.4 Å². The van der Waals surface area contributed by atoms with Crippen molar-refractivity contribution in [1.29, 1.82) is 0 Å². The summed E-state index contributed by atoms with van der Waals surface area (Å²) in [5.74, 6) is -8.79. The van der Waals surface area contributed by atoms with Crippen LogP contribution in [-0.4, -0.2) is 45.6 Å². The molecule has 9 rings (SSSR count). The fourth-order valence-electron chi connectivity index (χ4n) is 10.0. The number of ether oxygens (including phenoxy) is 1. The number of rotatable bonds is 5. The van der Waals surface area contributed by atoms with Crippen LogP contribution in [0.1, 0.15) is 47.9 Å². The number of aromatic hydroxyl groups is 1. The van der Waals surface area contributed by atoms with Crippen LogP contribution in [-0.2, 0) is 38.6 Å². The summed E-state index contributed by atoms with van der Waals surface area (Å²) >= 11 is 7.74. The molecule has 2 aliphatic heterocycles. The number of amides is 4. The molecule has 0 spiro atoms. The van der Waals surface area contributed by atoms with Gasteiger partial charge in [-0.2, -0.15) is 31.4 Å². The van der Waals surface area contributed by atoms with Crippen molar-refractivity contribution in [3.8, 4) is 22.1 Å². The molecular weight excluding hydrogens is 850 g/mol. The summed E-state index contributed by atoms with van der Waals surface area (Å²) in [6.07, 6.45) is -9.09. The number of allylic oxidation sites excluding steroid dienone is 2. The molecular formula is C43H33ClF6N4O6S. The van der Waals surface area contributed by atoms with Gasteiger partial charge in [-0.15, -0.1) is 11.3 Å². The lowest BCUT2D eigenvalue weighted by Gasteiger charge is -2.49. The predicted molar refractivity (Wildman–Crippen MR) is 212 cm³/mol. The molecule has 316 valence electrons. The van der Waals surface area contributed by atoms with Gasteiger partial charge in [0.1, 0.15) is 11.5 Å². The molecule has 5 aromatic rings. The van der Waals surface area contributed by atoms with Crippen molar-refractivity contribution < 1.29 is 55.4 Å². The number of carbonyl (C=O) groups excluding carboxylic acids is 4.